The van der Waals surface area contributed by atoms with Gasteiger partial charge in [0.25, 0.3) is 11.8 Å². The zero-order valence-corrected chi connectivity index (χ0v) is 25.2. The number of aryl methyl sites for hydroxylation is 1. The van der Waals surface area contributed by atoms with Gasteiger partial charge in [0.15, 0.2) is 0 Å². The van der Waals surface area contributed by atoms with Crippen LogP contribution >= 0.6 is 11.3 Å². The second-order valence-electron chi connectivity index (χ2n) is 11.7. The van der Waals surface area contributed by atoms with Crippen molar-refractivity contribution in [2.24, 2.45) is 0 Å². The third-order valence-corrected chi connectivity index (χ3v) is 7.88. The smallest absolute Gasteiger partial charge is 0.408 e. The summed E-state index contributed by atoms with van der Waals surface area (Å²) in [5.41, 5.74) is 6.86. The highest BCUT2D eigenvalue weighted by atomic mass is 32.1. The number of pyridine rings is 1. The average Bonchev–Trinajstić information content (AvgIpc) is 3.68. The number of ether oxygens (including phenoxy) is 1. The molecule has 0 radical (unpaired) electrons. The van der Waals surface area contributed by atoms with Crippen LogP contribution in [0.2, 0.25) is 0 Å². The maximum Gasteiger partial charge on any atom is 0.408 e. The molecular weight excluding hydrogens is 554 g/mol. The van der Waals surface area contributed by atoms with E-state index < -0.39 is 17.2 Å². The van der Waals surface area contributed by atoms with Gasteiger partial charge in [0.05, 0.1) is 6.04 Å². The molecular formula is C30H35N7O4S. The molecule has 4 heterocycles. The van der Waals surface area contributed by atoms with Crippen molar-refractivity contribution in [1.29, 1.82) is 0 Å². The van der Waals surface area contributed by atoms with Crippen molar-refractivity contribution in [2.75, 3.05) is 12.3 Å². The highest BCUT2D eigenvalue weighted by Gasteiger charge is 2.37. The molecule has 2 amide bonds. The number of likely N-dealkylation sites (tertiary alicyclic amines) is 1. The SMILES string of the molecule is Cc1csc([C@H]2CCCN2C(=O)c2cc(N)nc(-c3nnc(C(C)(Cc4ccccc4)NC(=O)OC(C)(C)C)o3)c2)n1. The van der Waals surface area contributed by atoms with Crippen LogP contribution in [0.4, 0.5) is 10.6 Å². The number of anilines is 1. The fourth-order valence-electron chi connectivity index (χ4n) is 5.00. The maximum atomic E-state index is 13.7. The zero-order chi connectivity index (χ0) is 30.1. The van der Waals surface area contributed by atoms with E-state index in [2.05, 4.69) is 25.5 Å². The van der Waals surface area contributed by atoms with Crippen molar-refractivity contribution < 1.29 is 18.7 Å². The summed E-state index contributed by atoms with van der Waals surface area (Å²) in [6.07, 6.45) is 1.48. The summed E-state index contributed by atoms with van der Waals surface area (Å²) < 4.78 is 11.6. The first kappa shape index (κ1) is 29.2. The molecule has 42 heavy (non-hydrogen) atoms. The number of carbonyl (C=O) groups excluding carboxylic acids is 2. The van der Waals surface area contributed by atoms with Crippen molar-refractivity contribution in [2.45, 2.75) is 71.1 Å². The Morgan fingerprint density at radius 3 is 2.60 bits per heavy atom. The second kappa shape index (κ2) is 11.5. The minimum atomic E-state index is -1.11. The molecule has 1 aromatic carbocycles. The molecule has 1 saturated heterocycles. The third-order valence-electron chi connectivity index (χ3n) is 6.82. The number of nitrogen functional groups attached to an aromatic ring is 1. The van der Waals surface area contributed by atoms with E-state index in [0.717, 1.165) is 29.1 Å². The van der Waals surface area contributed by atoms with Crippen molar-refractivity contribution in [1.82, 2.24) is 30.4 Å². The van der Waals surface area contributed by atoms with E-state index in [9.17, 15) is 9.59 Å². The van der Waals surface area contributed by atoms with Crippen LogP contribution in [0.5, 0.6) is 0 Å². The number of alkyl carbamates (subject to hydrolysis) is 1. The predicted octanol–water partition coefficient (Wildman–Crippen LogP) is 5.44. The molecule has 0 aliphatic carbocycles. The van der Waals surface area contributed by atoms with E-state index in [1.807, 2.05) is 47.5 Å². The van der Waals surface area contributed by atoms with E-state index >= 15 is 0 Å². The highest BCUT2D eigenvalue weighted by Crippen LogP contribution is 2.35. The number of amides is 2. The lowest BCUT2D eigenvalue weighted by atomic mass is 9.92. The molecule has 11 nitrogen and oxygen atoms in total. The van der Waals surface area contributed by atoms with E-state index in [1.165, 1.54) is 0 Å². The van der Waals surface area contributed by atoms with Crippen LogP contribution in [0.25, 0.3) is 11.6 Å². The molecule has 0 spiro atoms. The number of hydrogen-bond donors (Lipinski definition) is 2. The van der Waals surface area contributed by atoms with Crippen LogP contribution in [0.15, 0.2) is 52.3 Å². The summed E-state index contributed by atoms with van der Waals surface area (Å²) in [6.45, 7) is 9.73. The van der Waals surface area contributed by atoms with Gasteiger partial charge in [-0.3, -0.25) is 4.79 Å². The van der Waals surface area contributed by atoms with Crippen LogP contribution in [-0.2, 0) is 16.7 Å². The number of aromatic nitrogens is 4. The minimum absolute atomic E-state index is 0.0742. The average molecular weight is 590 g/mol. The summed E-state index contributed by atoms with van der Waals surface area (Å²) in [6, 6.07) is 12.7. The molecule has 1 unspecified atom stereocenters. The number of rotatable bonds is 7. The quantitative estimate of drug-likeness (QED) is 0.287. The Labute approximate surface area is 248 Å². The number of hydrogen-bond acceptors (Lipinski definition) is 10. The lowest BCUT2D eigenvalue weighted by Crippen LogP contribution is -2.47. The molecule has 220 valence electrons. The number of nitrogens with zero attached hydrogens (tertiary/aromatic N) is 5. The predicted molar refractivity (Wildman–Crippen MR) is 159 cm³/mol. The van der Waals surface area contributed by atoms with Crippen LogP contribution in [-0.4, -0.2) is 49.2 Å². The van der Waals surface area contributed by atoms with Gasteiger partial charge in [0.2, 0.25) is 5.89 Å². The number of benzene rings is 1. The summed E-state index contributed by atoms with van der Waals surface area (Å²) in [7, 11) is 0. The van der Waals surface area contributed by atoms with E-state index in [1.54, 1.807) is 51.2 Å². The monoisotopic (exact) mass is 589 g/mol. The minimum Gasteiger partial charge on any atom is -0.444 e. The Morgan fingerprint density at radius 1 is 1.14 bits per heavy atom. The van der Waals surface area contributed by atoms with E-state index in [4.69, 9.17) is 14.9 Å². The van der Waals surface area contributed by atoms with Crippen molar-refractivity contribution in [3.05, 3.63) is 75.6 Å². The van der Waals surface area contributed by atoms with Crippen LogP contribution in [0, 0.1) is 6.92 Å². The first-order valence-electron chi connectivity index (χ1n) is 13.8. The molecule has 3 aromatic heterocycles. The van der Waals surface area contributed by atoms with E-state index in [-0.39, 0.29) is 35.2 Å². The fourth-order valence-corrected chi connectivity index (χ4v) is 5.94. The van der Waals surface area contributed by atoms with Crippen LogP contribution < -0.4 is 11.1 Å². The van der Waals surface area contributed by atoms with Gasteiger partial charge >= 0.3 is 6.09 Å². The largest absolute Gasteiger partial charge is 0.444 e. The zero-order valence-electron chi connectivity index (χ0n) is 24.4. The number of carbonyl (C=O) groups is 2. The van der Waals surface area contributed by atoms with Gasteiger partial charge in [-0.25, -0.2) is 14.8 Å². The maximum absolute atomic E-state index is 13.7. The molecule has 1 aliphatic heterocycles. The topological polar surface area (TPSA) is 149 Å². The molecule has 4 aromatic rings. The summed E-state index contributed by atoms with van der Waals surface area (Å²) in [4.78, 5) is 37.3. The second-order valence-corrected chi connectivity index (χ2v) is 12.6. The van der Waals surface area contributed by atoms with E-state index in [0.29, 0.717) is 18.5 Å². The van der Waals surface area contributed by atoms with Gasteiger partial charge in [0, 0.05) is 29.6 Å². The fraction of sp³-hybridized carbons (Fsp3) is 0.400. The Morgan fingerprint density at radius 2 is 1.90 bits per heavy atom. The molecule has 0 bridgehead atoms. The number of nitrogens with one attached hydrogen (secondary N) is 1. The molecule has 5 rings (SSSR count). The lowest BCUT2D eigenvalue weighted by Gasteiger charge is -2.29. The lowest BCUT2D eigenvalue weighted by molar-refractivity contribution is 0.0443. The number of nitrogens with two attached hydrogens (primary N) is 1. The molecule has 0 saturated carbocycles. The standard InChI is InChI=1S/C30H35N7O4S/c1-18-17-42-25(32-18)22-12-9-13-37(22)26(38)20-14-21(33-23(31)15-20)24-35-36-27(40-24)30(5,16-19-10-7-6-8-11-19)34-28(39)41-29(2,3)4/h6-8,10-11,14-15,17,22H,9,12-13,16H2,1-5H3,(H2,31,33)(H,34,39)/t22-,30?/m1/s1. The summed E-state index contributed by atoms with van der Waals surface area (Å²) in [5.74, 6) is 0.213. The molecule has 2 atom stereocenters. The first-order chi connectivity index (χ1) is 19.9. The Kier molecular flexibility index (Phi) is 8.00. The highest BCUT2D eigenvalue weighted by molar-refractivity contribution is 7.09. The summed E-state index contributed by atoms with van der Waals surface area (Å²) >= 11 is 1.56. The van der Waals surface area contributed by atoms with Gasteiger partial charge in [0.1, 0.15) is 27.7 Å². The van der Waals surface area contributed by atoms with Crippen molar-refractivity contribution >= 4 is 29.2 Å². The Balaban J connectivity index is 1.44. The van der Waals surface area contributed by atoms with Gasteiger partial charge in [-0.1, -0.05) is 30.3 Å². The van der Waals surface area contributed by atoms with Crippen LogP contribution in [0.3, 0.4) is 0 Å². The summed E-state index contributed by atoms with van der Waals surface area (Å²) in [5, 5.41) is 14.3. The van der Waals surface area contributed by atoms with Crippen molar-refractivity contribution in [3.8, 4) is 11.6 Å². The Hall–Kier alpha value is -4.32. The number of thiazole rings is 1. The molecule has 3 N–H and O–H groups in total. The van der Waals surface area contributed by atoms with Gasteiger partial charge < -0.3 is 25.1 Å². The molecule has 1 fully saturated rings. The Bertz CT molecular complexity index is 1580. The first-order valence-corrected chi connectivity index (χ1v) is 14.7. The van der Waals surface area contributed by atoms with Gasteiger partial charge in [-0.05, 0) is 65.2 Å². The molecule has 1 aliphatic rings. The van der Waals surface area contributed by atoms with Crippen LogP contribution in [0.1, 0.15) is 79.1 Å². The normalized spacial score (nSPS) is 16.7. The molecule has 12 heteroatoms. The van der Waals surface area contributed by atoms with Crippen molar-refractivity contribution in [3.63, 3.8) is 0 Å². The third kappa shape index (κ3) is 6.59. The van der Waals surface area contributed by atoms with Gasteiger partial charge in [-0.15, -0.1) is 21.5 Å². The van der Waals surface area contributed by atoms with Gasteiger partial charge in [-0.2, -0.15) is 0 Å².